The van der Waals surface area contributed by atoms with Crippen molar-refractivity contribution in [1.29, 1.82) is 0 Å². The van der Waals surface area contributed by atoms with E-state index in [1.807, 2.05) is 93.6 Å². The molecule has 0 aliphatic carbocycles. The highest BCUT2D eigenvalue weighted by atomic mass is 35.5. The largest absolute Gasteiger partial charge is 0.483 e. The molecule has 6 heteroatoms. The van der Waals surface area contributed by atoms with E-state index in [2.05, 4.69) is 19.2 Å². The molecule has 2 amide bonds. The van der Waals surface area contributed by atoms with Gasteiger partial charge in [0.15, 0.2) is 6.61 Å². The number of carbonyl (C=O) groups is 2. The van der Waals surface area contributed by atoms with Crippen LogP contribution in [-0.4, -0.2) is 34.9 Å². The van der Waals surface area contributed by atoms with Gasteiger partial charge >= 0.3 is 0 Å². The second kappa shape index (κ2) is 12.8. The van der Waals surface area contributed by atoms with E-state index in [0.29, 0.717) is 17.2 Å². The van der Waals surface area contributed by atoms with Gasteiger partial charge in [0.25, 0.3) is 5.91 Å². The third kappa shape index (κ3) is 8.36. The van der Waals surface area contributed by atoms with Crippen molar-refractivity contribution in [3.63, 3.8) is 0 Å². The van der Waals surface area contributed by atoms with Crippen molar-refractivity contribution in [2.24, 2.45) is 0 Å². The van der Waals surface area contributed by atoms with E-state index in [1.54, 1.807) is 11.0 Å². The zero-order valence-corrected chi connectivity index (χ0v) is 23.1. The number of benzene rings is 3. The minimum absolute atomic E-state index is 0.183. The molecule has 5 nitrogen and oxygen atoms in total. The number of nitrogens with zero attached hydrogens (tertiary/aromatic N) is 1. The van der Waals surface area contributed by atoms with Crippen LogP contribution in [0.2, 0.25) is 5.02 Å². The maximum Gasteiger partial charge on any atom is 0.261 e. The van der Waals surface area contributed by atoms with E-state index in [-0.39, 0.29) is 30.9 Å². The van der Waals surface area contributed by atoms with E-state index in [0.717, 1.165) is 16.7 Å². The highest BCUT2D eigenvalue weighted by Gasteiger charge is 2.33. The molecule has 0 aliphatic heterocycles. The van der Waals surface area contributed by atoms with E-state index in [9.17, 15) is 9.59 Å². The number of ether oxygens (including phenoxy) is 1. The zero-order chi connectivity index (χ0) is 27.0. The molecule has 3 rings (SSSR count). The normalized spacial score (nSPS) is 12.2. The molecule has 0 bridgehead atoms. The maximum atomic E-state index is 13.8. The van der Waals surface area contributed by atoms with Crippen molar-refractivity contribution in [3.05, 3.63) is 101 Å². The SMILES string of the molecule is CC(C)c1ccccc1OCC(=O)N(Cc1ccccc1Cl)C(Cc1ccccc1)C(=O)NC(C)(C)C. The number of para-hydroxylation sites is 1. The standard InChI is InChI=1S/C31H37ClN2O3/c1-22(2)25-16-10-12-18-28(25)37-21-29(35)34(20-24-15-9-11-17-26(24)32)27(30(36)33-31(3,4)5)19-23-13-7-6-8-14-23/h6-18,22,27H,19-21H2,1-5H3,(H,33,36). The van der Waals surface area contributed by atoms with Crippen molar-refractivity contribution in [2.75, 3.05) is 6.61 Å². The van der Waals surface area contributed by atoms with Crippen LogP contribution in [0.4, 0.5) is 0 Å². The Balaban J connectivity index is 1.96. The molecule has 1 atom stereocenters. The lowest BCUT2D eigenvalue weighted by molar-refractivity contribution is -0.143. The van der Waals surface area contributed by atoms with E-state index in [1.165, 1.54) is 0 Å². The summed E-state index contributed by atoms with van der Waals surface area (Å²) in [5.74, 6) is 0.402. The number of hydrogen-bond acceptors (Lipinski definition) is 3. The van der Waals surface area contributed by atoms with Gasteiger partial charge in [-0.1, -0.05) is 92.2 Å². The molecule has 0 saturated heterocycles. The molecule has 1 unspecified atom stereocenters. The van der Waals surface area contributed by atoms with Gasteiger partial charge in [0.05, 0.1) is 0 Å². The van der Waals surface area contributed by atoms with Crippen LogP contribution in [0.15, 0.2) is 78.9 Å². The fraction of sp³-hybridized carbons (Fsp3) is 0.355. The predicted octanol–water partition coefficient (Wildman–Crippen LogP) is 6.40. The minimum atomic E-state index is -0.755. The molecule has 1 N–H and O–H groups in total. The fourth-order valence-electron chi connectivity index (χ4n) is 4.13. The van der Waals surface area contributed by atoms with Crippen molar-refractivity contribution < 1.29 is 14.3 Å². The Morgan fingerprint density at radius 3 is 2.19 bits per heavy atom. The summed E-state index contributed by atoms with van der Waals surface area (Å²) in [5.41, 5.74) is 2.29. The highest BCUT2D eigenvalue weighted by Crippen LogP contribution is 2.26. The summed E-state index contributed by atoms with van der Waals surface area (Å²) in [6, 6.07) is 24.1. The summed E-state index contributed by atoms with van der Waals surface area (Å²) in [4.78, 5) is 29.0. The van der Waals surface area contributed by atoms with Crippen molar-refractivity contribution in [2.45, 2.75) is 65.1 Å². The summed E-state index contributed by atoms with van der Waals surface area (Å²) in [6.45, 7) is 9.94. The summed E-state index contributed by atoms with van der Waals surface area (Å²) in [7, 11) is 0. The fourth-order valence-corrected chi connectivity index (χ4v) is 4.32. The number of amides is 2. The lowest BCUT2D eigenvalue weighted by Crippen LogP contribution is -2.55. The van der Waals surface area contributed by atoms with Crippen LogP contribution in [-0.2, 0) is 22.6 Å². The summed E-state index contributed by atoms with van der Waals surface area (Å²) >= 11 is 6.48. The first-order chi connectivity index (χ1) is 17.5. The molecule has 3 aromatic carbocycles. The Hall–Kier alpha value is -3.31. The lowest BCUT2D eigenvalue weighted by atomic mass is 10.0. The molecule has 0 aromatic heterocycles. The third-order valence-electron chi connectivity index (χ3n) is 5.96. The number of nitrogens with one attached hydrogen (secondary N) is 1. The molecular weight excluding hydrogens is 484 g/mol. The van der Waals surface area contributed by atoms with Crippen LogP contribution in [0.5, 0.6) is 5.75 Å². The third-order valence-corrected chi connectivity index (χ3v) is 6.33. The van der Waals surface area contributed by atoms with Crippen LogP contribution in [0.25, 0.3) is 0 Å². The number of carbonyl (C=O) groups excluding carboxylic acids is 2. The Labute approximate surface area is 225 Å². The lowest BCUT2D eigenvalue weighted by Gasteiger charge is -2.34. The average molecular weight is 521 g/mol. The Morgan fingerprint density at radius 1 is 0.919 bits per heavy atom. The van der Waals surface area contributed by atoms with Crippen LogP contribution in [0, 0.1) is 0 Å². The van der Waals surface area contributed by atoms with Gasteiger partial charge < -0.3 is 15.0 Å². The van der Waals surface area contributed by atoms with Gasteiger partial charge in [-0.15, -0.1) is 0 Å². The first kappa shape index (κ1) is 28.3. The van der Waals surface area contributed by atoms with Gasteiger partial charge in [0.2, 0.25) is 5.91 Å². The average Bonchev–Trinajstić information content (AvgIpc) is 2.85. The van der Waals surface area contributed by atoms with Crippen LogP contribution >= 0.6 is 11.6 Å². The Bertz CT molecular complexity index is 1190. The number of rotatable bonds is 10. The van der Waals surface area contributed by atoms with Crippen LogP contribution in [0.1, 0.15) is 57.2 Å². The summed E-state index contributed by atoms with van der Waals surface area (Å²) < 4.78 is 6.03. The second-order valence-corrected chi connectivity index (χ2v) is 10.9. The Morgan fingerprint density at radius 2 is 1.54 bits per heavy atom. The monoisotopic (exact) mass is 520 g/mol. The van der Waals surface area contributed by atoms with Gasteiger partial charge in [-0.25, -0.2) is 0 Å². The van der Waals surface area contributed by atoms with Gasteiger partial charge in [-0.3, -0.25) is 9.59 Å². The van der Waals surface area contributed by atoms with Crippen molar-refractivity contribution in [3.8, 4) is 5.75 Å². The molecule has 0 aliphatic rings. The van der Waals surface area contributed by atoms with Gasteiger partial charge in [-0.05, 0) is 55.5 Å². The topological polar surface area (TPSA) is 58.6 Å². The van der Waals surface area contributed by atoms with Gasteiger partial charge in [0, 0.05) is 23.5 Å². The summed E-state index contributed by atoms with van der Waals surface area (Å²) in [5, 5.41) is 3.61. The first-order valence-corrected chi connectivity index (χ1v) is 13.0. The van der Waals surface area contributed by atoms with Crippen LogP contribution in [0.3, 0.4) is 0 Å². The molecule has 0 spiro atoms. The predicted molar refractivity (Wildman–Crippen MR) is 150 cm³/mol. The molecule has 0 saturated carbocycles. The summed E-state index contributed by atoms with van der Waals surface area (Å²) in [6.07, 6.45) is 0.363. The number of hydrogen-bond donors (Lipinski definition) is 1. The Kier molecular flexibility index (Phi) is 9.76. The molecule has 196 valence electrons. The highest BCUT2D eigenvalue weighted by molar-refractivity contribution is 6.31. The molecule has 37 heavy (non-hydrogen) atoms. The minimum Gasteiger partial charge on any atom is -0.483 e. The molecule has 0 fully saturated rings. The maximum absolute atomic E-state index is 13.8. The second-order valence-electron chi connectivity index (χ2n) is 10.5. The molecule has 0 heterocycles. The van der Waals surface area contributed by atoms with E-state index < -0.39 is 11.6 Å². The van der Waals surface area contributed by atoms with Gasteiger partial charge in [-0.2, -0.15) is 0 Å². The zero-order valence-electron chi connectivity index (χ0n) is 22.3. The van der Waals surface area contributed by atoms with Crippen molar-refractivity contribution >= 4 is 23.4 Å². The molecule has 3 aromatic rings. The molecular formula is C31H37ClN2O3. The van der Waals surface area contributed by atoms with Gasteiger partial charge in [0.1, 0.15) is 11.8 Å². The quantitative estimate of drug-likeness (QED) is 0.336. The molecule has 0 radical (unpaired) electrons. The van der Waals surface area contributed by atoms with E-state index in [4.69, 9.17) is 16.3 Å². The van der Waals surface area contributed by atoms with Crippen molar-refractivity contribution in [1.82, 2.24) is 10.2 Å². The van der Waals surface area contributed by atoms with E-state index >= 15 is 0 Å². The smallest absolute Gasteiger partial charge is 0.261 e. The first-order valence-electron chi connectivity index (χ1n) is 12.7. The van der Waals surface area contributed by atoms with Crippen LogP contribution < -0.4 is 10.1 Å². The number of halogens is 1.